The standard InChI is InChI=1S/C30H28F5N3O6/c1-28(2,3)19-8-11-21(12-9-19)38(16-17-4-6-18(7-5-17)25(39)36-15-23(31)26(40)41)27(42)37-20-10-13-24-22(14-20)29(32,33)44-30(34,35)43-24/h4-14,23H,15-16H2,1-3H3,(H,36,39)(H,37,42)(H,40,41). The van der Waals surface area contributed by atoms with E-state index in [1.54, 1.807) is 12.1 Å². The molecule has 0 saturated heterocycles. The van der Waals surface area contributed by atoms with Gasteiger partial charge in [0, 0.05) is 16.9 Å². The van der Waals surface area contributed by atoms with Crippen LogP contribution in [0.1, 0.15) is 47.8 Å². The van der Waals surface area contributed by atoms with E-state index in [1.165, 1.54) is 29.2 Å². The fourth-order valence-corrected chi connectivity index (χ4v) is 4.21. The number of aliphatic carboxylic acids is 1. The Morgan fingerprint density at radius 3 is 2.18 bits per heavy atom. The third kappa shape index (κ3) is 7.61. The molecule has 0 radical (unpaired) electrons. The molecule has 9 nitrogen and oxygen atoms in total. The normalized spacial score (nSPS) is 15.7. The van der Waals surface area contributed by atoms with E-state index in [2.05, 4.69) is 20.1 Å². The van der Waals surface area contributed by atoms with E-state index in [1.807, 2.05) is 32.9 Å². The monoisotopic (exact) mass is 621 g/mol. The van der Waals surface area contributed by atoms with Crippen molar-refractivity contribution in [3.05, 3.63) is 89.0 Å². The molecule has 1 heterocycles. The molecule has 1 aliphatic rings. The highest BCUT2D eigenvalue weighted by Gasteiger charge is 2.54. The second-order valence-electron chi connectivity index (χ2n) is 10.9. The molecular formula is C30H28F5N3O6. The van der Waals surface area contributed by atoms with E-state index in [-0.39, 0.29) is 23.2 Å². The van der Waals surface area contributed by atoms with Crippen LogP contribution in [0.4, 0.5) is 38.1 Å². The number of nitrogens with zero attached hydrogens (tertiary/aromatic N) is 1. The lowest BCUT2D eigenvalue weighted by atomic mass is 9.87. The maximum Gasteiger partial charge on any atom is 0.540 e. The highest BCUT2D eigenvalue weighted by molar-refractivity contribution is 6.02. The highest BCUT2D eigenvalue weighted by atomic mass is 19.3. The third-order valence-electron chi connectivity index (χ3n) is 6.58. The molecule has 4 rings (SSSR count). The molecule has 3 aromatic carbocycles. The van der Waals surface area contributed by atoms with Gasteiger partial charge in [0.15, 0.2) is 0 Å². The Labute approximate surface area is 248 Å². The molecule has 3 amide bonds. The Hall–Kier alpha value is -4.72. The summed E-state index contributed by atoms with van der Waals surface area (Å²) >= 11 is 0. The quantitative estimate of drug-likeness (QED) is 0.251. The maximum absolute atomic E-state index is 14.3. The number of ether oxygens (including phenoxy) is 2. The van der Waals surface area contributed by atoms with Gasteiger partial charge < -0.3 is 20.5 Å². The van der Waals surface area contributed by atoms with E-state index < -0.39 is 54.3 Å². The van der Waals surface area contributed by atoms with Crippen molar-refractivity contribution in [2.24, 2.45) is 0 Å². The molecule has 0 spiro atoms. The molecule has 44 heavy (non-hydrogen) atoms. The molecule has 0 aliphatic carbocycles. The number of carboxylic acid groups (broad SMARTS) is 1. The van der Waals surface area contributed by atoms with Crippen molar-refractivity contribution >= 4 is 29.3 Å². The van der Waals surface area contributed by atoms with Crippen molar-refractivity contribution in [2.75, 3.05) is 16.8 Å². The van der Waals surface area contributed by atoms with Crippen molar-refractivity contribution in [1.29, 1.82) is 0 Å². The van der Waals surface area contributed by atoms with Crippen LogP contribution in [0.15, 0.2) is 66.7 Å². The molecule has 14 heteroatoms. The van der Waals surface area contributed by atoms with E-state index >= 15 is 0 Å². The van der Waals surface area contributed by atoms with Crippen LogP contribution in [-0.2, 0) is 27.6 Å². The Bertz CT molecular complexity index is 1540. The van der Waals surface area contributed by atoms with Crippen LogP contribution in [0.2, 0.25) is 0 Å². The van der Waals surface area contributed by atoms with E-state index in [4.69, 9.17) is 5.11 Å². The first-order valence-corrected chi connectivity index (χ1v) is 13.2. The van der Waals surface area contributed by atoms with E-state index in [9.17, 15) is 36.3 Å². The van der Waals surface area contributed by atoms with Gasteiger partial charge in [-0.1, -0.05) is 45.0 Å². The van der Waals surface area contributed by atoms with Crippen molar-refractivity contribution in [3.63, 3.8) is 0 Å². The number of carboxylic acids is 1. The molecule has 0 saturated carbocycles. The molecule has 234 valence electrons. The SMILES string of the molecule is CC(C)(C)c1ccc(N(Cc2ccc(C(=O)NCC(F)C(=O)O)cc2)C(=O)Nc2ccc3c(c2)C(F)(F)OC(F)(F)O3)cc1. The van der Waals surface area contributed by atoms with Crippen LogP contribution in [0, 0.1) is 0 Å². The lowest BCUT2D eigenvalue weighted by molar-refractivity contribution is -0.461. The fraction of sp³-hybridized carbons (Fsp3) is 0.300. The predicted octanol–water partition coefficient (Wildman–Crippen LogP) is 6.38. The maximum atomic E-state index is 14.3. The fourth-order valence-electron chi connectivity index (χ4n) is 4.21. The summed E-state index contributed by atoms with van der Waals surface area (Å²) < 4.78 is 76.3. The minimum Gasteiger partial charge on any atom is -0.479 e. The number of halogens is 5. The first-order valence-electron chi connectivity index (χ1n) is 13.2. The van der Waals surface area contributed by atoms with Gasteiger partial charge in [-0.05, 0) is 59.0 Å². The second kappa shape index (κ2) is 12.1. The van der Waals surface area contributed by atoms with Gasteiger partial charge in [0.05, 0.1) is 18.7 Å². The molecule has 1 aliphatic heterocycles. The molecule has 1 atom stereocenters. The first kappa shape index (κ1) is 32.2. The van der Waals surface area contributed by atoms with Crippen LogP contribution in [0.25, 0.3) is 0 Å². The van der Waals surface area contributed by atoms with Crippen molar-refractivity contribution in [3.8, 4) is 5.75 Å². The zero-order chi connectivity index (χ0) is 32.4. The molecule has 0 aromatic heterocycles. The Morgan fingerprint density at radius 1 is 0.955 bits per heavy atom. The number of rotatable bonds is 8. The summed E-state index contributed by atoms with van der Waals surface area (Å²) in [6.45, 7) is 5.25. The smallest absolute Gasteiger partial charge is 0.479 e. The lowest BCUT2D eigenvalue weighted by Gasteiger charge is -2.31. The molecule has 1 unspecified atom stereocenters. The largest absolute Gasteiger partial charge is 0.540 e. The third-order valence-corrected chi connectivity index (χ3v) is 6.58. The highest BCUT2D eigenvalue weighted by Crippen LogP contribution is 2.47. The molecule has 3 aromatic rings. The lowest BCUT2D eigenvalue weighted by Crippen LogP contribution is -2.41. The van der Waals surface area contributed by atoms with E-state index in [0.717, 1.165) is 23.8 Å². The summed E-state index contributed by atoms with van der Waals surface area (Å²) in [6, 6.07) is 14.9. The number of fused-ring (bicyclic) bond motifs is 1. The Kier molecular flexibility index (Phi) is 8.86. The molecule has 3 N–H and O–H groups in total. The molecular weight excluding hydrogens is 593 g/mol. The van der Waals surface area contributed by atoms with Crippen LogP contribution < -0.4 is 20.3 Å². The minimum atomic E-state index is -4.54. The van der Waals surface area contributed by atoms with Crippen LogP contribution in [0.3, 0.4) is 0 Å². The molecule has 0 fully saturated rings. The second-order valence-corrected chi connectivity index (χ2v) is 10.9. The van der Waals surface area contributed by atoms with Crippen LogP contribution in [-0.4, -0.2) is 42.0 Å². The number of benzene rings is 3. The number of hydrogen-bond acceptors (Lipinski definition) is 5. The number of alkyl halides is 5. The van der Waals surface area contributed by atoms with E-state index in [0.29, 0.717) is 11.3 Å². The van der Waals surface area contributed by atoms with Gasteiger partial charge in [0.2, 0.25) is 6.17 Å². The summed E-state index contributed by atoms with van der Waals surface area (Å²) in [7, 11) is 0. The number of hydrogen-bond donors (Lipinski definition) is 3. The summed E-state index contributed by atoms with van der Waals surface area (Å²) in [5.74, 6) is -3.22. The number of carbonyl (C=O) groups excluding carboxylic acids is 2. The summed E-state index contributed by atoms with van der Waals surface area (Å²) in [5.41, 5.74) is 0.705. The summed E-state index contributed by atoms with van der Waals surface area (Å²) in [4.78, 5) is 37.7. The average Bonchev–Trinajstić information content (AvgIpc) is 2.93. The molecule has 0 bridgehead atoms. The number of anilines is 2. The van der Waals surface area contributed by atoms with Crippen molar-refractivity contribution in [1.82, 2.24) is 5.32 Å². The summed E-state index contributed by atoms with van der Waals surface area (Å²) in [6.07, 6.45) is -11.2. The van der Waals surface area contributed by atoms with Crippen molar-refractivity contribution < 1.29 is 50.9 Å². The zero-order valence-corrected chi connectivity index (χ0v) is 23.7. The van der Waals surface area contributed by atoms with Gasteiger partial charge in [0.1, 0.15) is 5.75 Å². The van der Waals surface area contributed by atoms with Crippen LogP contribution >= 0.6 is 0 Å². The number of amides is 3. The van der Waals surface area contributed by atoms with Gasteiger partial charge in [-0.25, -0.2) is 18.7 Å². The Balaban J connectivity index is 1.58. The van der Waals surface area contributed by atoms with Crippen LogP contribution in [0.5, 0.6) is 5.75 Å². The average molecular weight is 622 g/mol. The number of urea groups is 1. The van der Waals surface area contributed by atoms with Gasteiger partial charge in [-0.15, -0.1) is 8.78 Å². The number of nitrogens with one attached hydrogen (secondary N) is 2. The first-order chi connectivity index (χ1) is 20.4. The van der Waals surface area contributed by atoms with Gasteiger partial charge in [-0.3, -0.25) is 9.69 Å². The number of carbonyl (C=O) groups is 3. The summed E-state index contributed by atoms with van der Waals surface area (Å²) in [5, 5.41) is 13.3. The predicted molar refractivity (Wildman–Crippen MR) is 149 cm³/mol. The minimum absolute atomic E-state index is 0.0618. The van der Waals surface area contributed by atoms with Gasteiger partial charge in [-0.2, -0.15) is 8.78 Å². The zero-order valence-electron chi connectivity index (χ0n) is 23.7. The van der Waals surface area contributed by atoms with Crippen molar-refractivity contribution in [2.45, 2.75) is 51.3 Å². The van der Waals surface area contributed by atoms with Gasteiger partial charge in [0.25, 0.3) is 5.91 Å². The topological polar surface area (TPSA) is 117 Å². The van der Waals surface area contributed by atoms with Gasteiger partial charge >= 0.3 is 24.4 Å². The Morgan fingerprint density at radius 2 is 1.59 bits per heavy atom.